The second-order valence-electron chi connectivity index (χ2n) is 4.67. The molecule has 0 bridgehead atoms. The van der Waals surface area contributed by atoms with Crippen molar-refractivity contribution in [2.45, 2.75) is 13.5 Å². The number of ether oxygens (including phenoxy) is 1. The Bertz CT molecular complexity index is 720. The maximum atomic E-state index is 14.0. The van der Waals surface area contributed by atoms with Crippen LogP contribution in [-0.2, 0) is 11.3 Å². The van der Waals surface area contributed by atoms with Gasteiger partial charge >= 0.3 is 5.97 Å². The molecule has 0 spiro atoms. The minimum Gasteiger partial charge on any atom is -0.462 e. The SMILES string of the molecule is CCOC(=O)c1cc([N+](=O)[O-])c(NCc2ccccc2)cc1F. The van der Waals surface area contributed by atoms with Crippen LogP contribution in [-0.4, -0.2) is 17.5 Å². The summed E-state index contributed by atoms with van der Waals surface area (Å²) in [7, 11) is 0. The van der Waals surface area contributed by atoms with Crippen molar-refractivity contribution in [3.8, 4) is 0 Å². The number of nitrogens with zero attached hydrogens (tertiary/aromatic N) is 1. The Labute approximate surface area is 132 Å². The second-order valence-corrected chi connectivity index (χ2v) is 4.67. The Morgan fingerprint density at radius 3 is 2.61 bits per heavy atom. The molecule has 0 aliphatic rings. The molecular formula is C16H15FN2O4. The fraction of sp³-hybridized carbons (Fsp3) is 0.188. The van der Waals surface area contributed by atoms with Crippen LogP contribution in [0.15, 0.2) is 42.5 Å². The summed E-state index contributed by atoms with van der Waals surface area (Å²) in [6.45, 7) is 1.92. The highest BCUT2D eigenvalue weighted by Crippen LogP contribution is 2.28. The van der Waals surface area contributed by atoms with Crippen LogP contribution in [0.4, 0.5) is 15.8 Å². The smallest absolute Gasteiger partial charge is 0.341 e. The van der Waals surface area contributed by atoms with E-state index in [1.807, 2.05) is 30.3 Å². The van der Waals surface area contributed by atoms with Gasteiger partial charge in [-0.15, -0.1) is 0 Å². The van der Waals surface area contributed by atoms with E-state index < -0.39 is 22.3 Å². The van der Waals surface area contributed by atoms with E-state index in [0.717, 1.165) is 17.7 Å². The van der Waals surface area contributed by atoms with Crippen molar-refractivity contribution in [3.05, 3.63) is 69.5 Å². The van der Waals surface area contributed by atoms with Gasteiger partial charge in [-0.05, 0) is 12.5 Å². The lowest BCUT2D eigenvalue weighted by atomic mass is 10.1. The molecule has 0 aliphatic heterocycles. The summed E-state index contributed by atoms with van der Waals surface area (Å²) in [6, 6.07) is 11.0. The average Bonchev–Trinajstić information content (AvgIpc) is 2.53. The first kappa shape index (κ1) is 16.4. The van der Waals surface area contributed by atoms with Crippen molar-refractivity contribution in [2.75, 3.05) is 11.9 Å². The zero-order chi connectivity index (χ0) is 16.8. The standard InChI is InChI=1S/C16H15FN2O4/c1-2-23-16(20)12-8-15(19(21)22)14(9-13(12)17)18-10-11-6-4-3-5-7-11/h3-9,18H,2,10H2,1H3. The van der Waals surface area contributed by atoms with Crippen LogP contribution in [0.2, 0.25) is 0 Å². The lowest BCUT2D eigenvalue weighted by Crippen LogP contribution is -2.10. The normalized spacial score (nSPS) is 10.2. The largest absolute Gasteiger partial charge is 0.462 e. The number of carbonyl (C=O) groups excluding carboxylic acids is 1. The van der Waals surface area contributed by atoms with Gasteiger partial charge in [-0.25, -0.2) is 9.18 Å². The van der Waals surface area contributed by atoms with Crippen molar-refractivity contribution in [1.29, 1.82) is 0 Å². The molecule has 0 aliphatic carbocycles. The van der Waals surface area contributed by atoms with E-state index in [-0.39, 0.29) is 18.0 Å². The highest BCUT2D eigenvalue weighted by atomic mass is 19.1. The molecule has 0 radical (unpaired) electrons. The molecule has 1 N–H and O–H groups in total. The molecule has 0 fully saturated rings. The quantitative estimate of drug-likeness (QED) is 0.500. The molecule has 0 amide bonds. The minimum absolute atomic E-state index is 0.00408. The number of esters is 1. The number of halogens is 1. The maximum Gasteiger partial charge on any atom is 0.341 e. The summed E-state index contributed by atoms with van der Waals surface area (Å²) >= 11 is 0. The predicted molar refractivity (Wildman–Crippen MR) is 82.8 cm³/mol. The molecule has 2 aromatic carbocycles. The first-order chi connectivity index (χ1) is 11.0. The van der Waals surface area contributed by atoms with E-state index in [0.29, 0.717) is 6.54 Å². The molecule has 0 saturated heterocycles. The Hall–Kier alpha value is -2.96. The number of hydrogen-bond acceptors (Lipinski definition) is 5. The van der Waals surface area contributed by atoms with Gasteiger partial charge < -0.3 is 10.1 Å². The zero-order valence-corrected chi connectivity index (χ0v) is 12.4. The Morgan fingerprint density at radius 2 is 2.00 bits per heavy atom. The molecule has 23 heavy (non-hydrogen) atoms. The third-order valence-corrected chi connectivity index (χ3v) is 3.10. The summed E-state index contributed by atoms with van der Waals surface area (Å²) in [5.41, 5.74) is 0.0512. The van der Waals surface area contributed by atoms with Crippen molar-refractivity contribution in [1.82, 2.24) is 0 Å². The van der Waals surface area contributed by atoms with E-state index in [1.54, 1.807) is 6.92 Å². The van der Waals surface area contributed by atoms with E-state index in [9.17, 15) is 19.3 Å². The summed E-state index contributed by atoms with van der Waals surface area (Å²) in [5, 5.41) is 14.0. The molecule has 0 unspecified atom stereocenters. The number of hydrogen-bond donors (Lipinski definition) is 1. The maximum absolute atomic E-state index is 14.0. The van der Waals surface area contributed by atoms with Gasteiger partial charge in [-0.2, -0.15) is 0 Å². The number of carbonyl (C=O) groups is 1. The van der Waals surface area contributed by atoms with Gasteiger partial charge in [0.1, 0.15) is 17.1 Å². The number of rotatable bonds is 6. The van der Waals surface area contributed by atoms with Crippen molar-refractivity contribution >= 4 is 17.3 Å². The molecule has 7 heteroatoms. The Balaban J connectivity index is 2.30. The van der Waals surface area contributed by atoms with Crippen LogP contribution in [0.25, 0.3) is 0 Å². The number of nitro benzene ring substituents is 1. The van der Waals surface area contributed by atoms with Gasteiger partial charge in [0.25, 0.3) is 5.69 Å². The third-order valence-electron chi connectivity index (χ3n) is 3.10. The summed E-state index contributed by atoms with van der Waals surface area (Å²) in [5.74, 6) is -1.80. The van der Waals surface area contributed by atoms with Crippen LogP contribution in [0.5, 0.6) is 0 Å². The van der Waals surface area contributed by atoms with E-state index >= 15 is 0 Å². The highest BCUT2D eigenvalue weighted by Gasteiger charge is 2.22. The van der Waals surface area contributed by atoms with Crippen LogP contribution in [0, 0.1) is 15.9 Å². The predicted octanol–water partition coefficient (Wildman–Crippen LogP) is 3.52. The lowest BCUT2D eigenvalue weighted by Gasteiger charge is -2.10. The van der Waals surface area contributed by atoms with Crippen molar-refractivity contribution in [2.24, 2.45) is 0 Å². The first-order valence-electron chi connectivity index (χ1n) is 6.95. The van der Waals surface area contributed by atoms with Gasteiger partial charge in [0, 0.05) is 18.7 Å². The summed E-state index contributed by atoms with van der Waals surface area (Å²) in [6.07, 6.45) is 0. The molecule has 0 heterocycles. The topological polar surface area (TPSA) is 81.5 Å². The van der Waals surface area contributed by atoms with Crippen LogP contribution >= 0.6 is 0 Å². The third kappa shape index (κ3) is 4.03. The molecule has 6 nitrogen and oxygen atoms in total. The first-order valence-corrected chi connectivity index (χ1v) is 6.95. The van der Waals surface area contributed by atoms with Gasteiger partial charge in [0.15, 0.2) is 0 Å². The van der Waals surface area contributed by atoms with Gasteiger partial charge in [-0.1, -0.05) is 30.3 Å². The Kier molecular flexibility index (Phi) is 5.24. The number of anilines is 1. The molecule has 120 valence electrons. The van der Waals surface area contributed by atoms with Gasteiger partial charge in [0.2, 0.25) is 0 Å². The number of benzene rings is 2. The van der Waals surface area contributed by atoms with Crippen LogP contribution in [0.3, 0.4) is 0 Å². The lowest BCUT2D eigenvalue weighted by molar-refractivity contribution is -0.384. The second kappa shape index (κ2) is 7.35. The van der Waals surface area contributed by atoms with Gasteiger partial charge in [0.05, 0.1) is 11.5 Å². The number of nitro groups is 1. The van der Waals surface area contributed by atoms with Crippen molar-refractivity contribution in [3.63, 3.8) is 0 Å². The summed E-state index contributed by atoms with van der Waals surface area (Å²) in [4.78, 5) is 22.1. The van der Waals surface area contributed by atoms with E-state index in [4.69, 9.17) is 4.74 Å². The molecule has 0 saturated carbocycles. The molecule has 2 aromatic rings. The Morgan fingerprint density at radius 1 is 1.30 bits per heavy atom. The van der Waals surface area contributed by atoms with E-state index in [1.165, 1.54) is 0 Å². The van der Waals surface area contributed by atoms with E-state index in [2.05, 4.69) is 5.32 Å². The molecule has 2 rings (SSSR count). The monoisotopic (exact) mass is 318 g/mol. The number of nitrogens with one attached hydrogen (secondary N) is 1. The summed E-state index contributed by atoms with van der Waals surface area (Å²) < 4.78 is 18.7. The van der Waals surface area contributed by atoms with Crippen molar-refractivity contribution < 1.29 is 18.8 Å². The molecule has 0 atom stereocenters. The molecule has 0 aromatic heterocycles. The minimum atomic E-state index is -0.928. The average molecular weight is 318 g/mol. The van der Waals surface area contributed by atoms with Gasteiger partial charge in [-0.3, -0.25) is 10.1 Å². The fourth-order valence-corrected chi connectivity index (χ4v) is 2.01. The highest BCUT2D eigenvalue weighted by molar-refractivity contribution is 5.91. The van der Waals surface area contributed by atoms with Crippen LogP contribution < -0.4 is 5.32 Å². The fourth-order valence-electron chi connectivity index (χ4n) is 2.01. The zero-order valence-electron chi connectivity index (χ0n) is 12.4. The molecular weight excluding hydrogens is 303 g/mol. The van der Waals surface area contributed by atoms with Crippen LogP contribution in [0.1, 0.15) is 22.8 Å².